The second-order valence-corrected chi connectivity index (χ2v) is 5.69. The van der Waals surface area contributed by atoms with Crippen LogP contribution in [-0.2, 0) is 4.74 Å². The average Bonchev–Trinajstić information content (AvgIpc) is 2.68. The highest BCUT2D eigenvalue weighted by molar-refractivity contribution is 5.94. The highest BCUT2D eigenvalue weighted by Crippen LogP contribution is 2.21. The zero-order valence-electron chi connectivity index (χ0n) is 13.9. The number of amides is 2. The topological polar surface area (TPSA) is 71.5 Å². The molecule has 2 aromatic rings. The number of ether oxygens (including phenoxy) is 1. The van der Waals surface area contributed by atoms with Crippen LogP contribution in [0.25, 0.3) is 5.57 Å². The van der Waals surface area contributed by atoms with E-state index in [2.05, 4.69) is 21.1 Å². The van der Waals surface area contributed by atoms with Gasteiger partial charge in [-0.2, -0.15) is 0 Å². The van der Waals surface area contributed by atoms with Gasteiger partial charge < -0.3 is 15.0 Å². The normalized spacial score (nSPS) is 13.8. The molecule has 0 radical (unpaired) electrons. The summed E-state index contributed by atoms with van der Waals surface area (Å²) in [4.78, 5) is 29.8. The minimum Gasteiger partial charge on any atom is -0.465 e. The summed E-state index contributed by atoms with van der Waals surface area (Å²) in [5.74, 6) is -0.490. The third-order valence-electron chi connectivity index (χ3n) is 3.99. The second kappa shape index (κ2) is 7.61. The van der Waals surface area contributed by atoms with Crippen molar-refractivity contribution >= 4 is 23.3 Å². The van der Waals surface area contributed by atoms with Crippen molar-refractivity contribution in [2.75, 3.05) is 25.5 Å². The largest absolute Gasteiger partial charge is 0.465 e. The number of hydrogen-bond acceptors (Lipinski definition) is 4. The second-order valence-electron chi connectivity index (χ2n) is 5.69. The molecule has 0 fully saturated rings. The summed E-state index contributed by atoms with van der Waals surface area (Å²) < 4.78 is 4.67. The molecule has 0 unspecified atom stereocenters. The number of nitrogens with zero attached hydrogens (tertiary/aromatic N) is 2. The molecule has 0 saturated heterocycles. The quantitative estimate of drug-likeness (QED) is 0.873. The Kier molecular flexibility index (Phi) is 5.09. The van der Waals surface area contributed by atoms with Gasteiger partial charge in [-0.25, -0.2) is 9.59 Å². The maximum atomic E-state index is 12.5. The summed E-state index contributed by atoms with van der Waals surface area (Å²) >= 11 is 0. The van der Waals surface area contributed by atoms with E-state index in [0.717, 1.165) is 17.6 Å². The molecule has 6 heteroatoms. The van der Waals surface area contributed by atoms with Gasteiger partial charge in [-0.1, -0.05) is 36.4 Å². The lowest BCUT2D eigenvalue weighted by Crippen LogP contribution is -2.38. The first-order chi connectivity index (χ1) is 12.2. The molecule has 3 rings (SSSR count). The van der Waals surface area contributed by atoms with Crippen molar-refractivity contribution in [3.05, 3.63) is 66.0 Å². The molecule has 0 bridgehead atoms. The van der Waals surface area contributed by atoms with Crippen LogP contribution in [0, 0.1) is 0 Å². The first-order valence-electron chi connectivity index (χ1n) is 8.01. The van der Waals surface area contributed by atoms with E-state index in [0.29, 0.717) is 24.3 Å². The Morgan fingerprint density at radius 3 is 2.76 bits per heavy atom. The molecule has 0 atom stereocenters. The lowest BCUT2D eigenvalue weighted by atomic mass is 10.0. The van der Waals surface area contributed by atoms with Gasteiger partial charge in [-0.05, 0) is 23.6 Å². The minimum absolute atomic E-state index is 0.217. The van der Waals surface area contributed by atoms with Crippen molar-refractivity contribution in [1.29, 1.82) is 0 Å². The molecule has 25 heavy (non-hydrogen) atoms. The molecule has 6 nitrogen and oxygen atoms in total. The highest BCUT2D eigenvalue weighted by atomic mass is 16.5. The van der Waals surface area contributed by atoms with Crippen molar-refractivity contribution in [2.45, 2.75) is 6.42 Å². The number of carbonyl (C=O) groups is 2. The number of rotatable bonds is 3. The average molecular weight is 337 g/mol. The first-order valence-corrected chi connectivity index (χ1v) is 8.01. The minimum atomic E-state index is -0.490. The van der Waals surface area contributed by atoms with Gasteiger partial charge >= 0.3 is 12.0 Å². The molecule has 1 N–H and O–H groups in total. The van der Waals surface area contributed by atoms with Crippen LogP contribution in [0.15, 0.2) is 54.9 Å². The maximum Gasteiger partial charge on any atom is 0.339 e. The summed E-state index contributed by atoms with van der Waals surface area (Å²) in [6.45, 7) is 1.19. The van der Waals surface area contributed by atoms with Crippen LogP contribution >= 0.6 is 0 Å². The number of anilines is 1. The molecule has 2 heterocycles. The van der Waals surface area contributed by atoms with Crippen LogP contribution in [0.2, 0.25) is 0 Å². The molecule has 1 aromatic carbocycles. The molecule has 2 amide bonds. The van der Waals surface area contributed by atoms with E-state index in [9.17, 15) is 9.59 Å². The van der Waals surface area contributed by atoms with E-state index >= 15 is 0 Å². The van der Waals surface area contributed by atoms with Gasteiger partial charge in [0.05, 0.1) is 24.6 Å². The smallest absolute Gasteiger partial charge is 0.339 e. The third-order valence-corrected chi connectivity index (χ3v) is 3.99. The predicted octanol–water partition coefficient (Wildman–Crippen LogP) is 3.19. The van der Waals surface area contributed by atoms with Crippen LogP contribution in [0.5, 0.6) is 0 Å². The SMILES string of the molecule is COC(=O)c1cncc(NC(=O)N2CCC=C(c3ccccc3)C2)c1. The monoisotopic (exact) mass is 337 g/mol. The van der Waals surface area contributed by atoms with Gasteiger partial charge in [0.1, 0.15) is 0 Å². The Bertz CT molecular complexity index is 803. The number of carbonyl (C=O) groups excluding carboxylic acids is 2. The van der Waals surface area contributed by atoms with Gasteiger partial charge in [0, 0.05) is 19.3 Å². The van der Waals surface area contributed by atoms with Gasteiger partial charge in [-0.3, -0.25) is 4.98 Å². The number of aromatic nitrogens is 1. The molecule has 1 aromatic heterocycles. The summed E-state index contributed by atoms with van der Waals surface area (Å²) in [6.07, 6.45) is 5.87. The van der Waals surface area contributed by atoms with E-state index in [4.69, 9.17) is 0 Å². The van der Waals surface area contributed by atoms with E-state index in [1.807, 2.05) is 30.3 Å². The van der Waals surface area contributed by atoms with Gasteiger partial charge in [0.15, 0.2) is 0 Å². The van der Waals surface area contributed by atoms with Crippen molar-refractivity contribution in [3.63, 3.8) is 0 Å². The zero-order valence-corrected chi connectivity index (χ0v) is 13.9. The zero-order chi connectivity index (χ0) is 17.6. The standard InChI is InChI=1S/C19H19N3O3/c1-25-18(23)16-10-17(12-20-11-16)21-19(24)22-9-5-8-15(13-22)14-6-3-2-4-7-14/h2-4,6-8,10-12H,5,9,13H2,1H3,(H,21,24). The number of benzene rings is 1. The number of nitrogens with one attached hydrogen (secondary N) is 1. The van der Waals surface area contributed by atoms with Gasteiger partial charge in [-0.15, -0.1) is 0 Å². The van der Waals surface area contributed by atoms with E-state index in [1.165, 1.54) is 19.5 Å². The molecular formula is C19H19N3O3. The lowest BCUT2D eigenvalue weighted by molar-refractivity contribution is 0.0600. The summed E-state index contributed by atoms with van der Waals surface area (Å²) in [5.41, 5.74) is 3.00. The van der Waals surface area contributed by atoms with Crippen LogP contribution in [0.3, 0.4) is 0 Å². The lowest BCUT2D eigenvalue weighted by Gasteiger charge is -2.27. The highest BCUT2D eigenvalue weighted by Gasteiger charge is 2.19. The van der Waals surface area contributed by atoms with E-state index in [1.54, 1.807) is 11.0 Å². The number of methoxy groups -OCH3 is 1. The fourth-order valence-electron chi connectivity index (χ4n) is 2.72. The van der Waals surface area contributed by atoms with Gasteiger partial charge in [0.25, 0.3) is 0 Å². The molecule has 1 aliphatic rings. The van der Waals surface area contributed by atoms with Crippen molar-refractivity contribution < 1.29 is 14.3 Å². The van der Waals surface area contributed by atoms with Crippen LogP contribution in [0.4, 0.5) is 10.5 Å². The number of hydrogen-bond donors (Lipinski definition) is 1. The maximum absolute atomic E-state index is 12.5. The van der Waals surface area contributed by atoms with Gasteiger partial charge in [0.2, 0.25) is 0 Å². The fourth-order valence-corrected chi connectivity index (χ4v) is 2.72. The number of pyridine rings is 1. The van der Waals surface area contributed by atoms with Crippen LogP contribution < -0.4 is 5.32 Å². The van der Waals surface area contributed by atoms with E-state index < -0.39 is 5.97 Å². The Labute approximate surface area is 146 Å². The third kappa shape index (κ3) is 4.03. The van der Waals surface area contributed by atoms with Crippen LogP contribution in [-0.4, -0.2) is 42.1 Å². The van der Waals surface area contributed by atoms with E-state index in [-0.39, 0.29) is 6.03 Å². The predicted molar refractivity (Wildman–Crippen MR) is 95.2 cm³/mol. The van der Waals surface area contributed by atoms with Crippen molar-refractivity contribution in [2.24, 2.45) is 0 Å². The number of esters is 1. The molecule has 1 aliphatic heterocycles. The van der Waals surface area contributed by atoms with Crippen molar-refractivity contribution in [3.8, 4) is 0 Å². The Balaban J connectivity index is 1.68. The molecular weight excluding hydrogens is 318 g/mol. The fraction of sp³-hybridized carbons (Fsp3) is 0.211. The van der Waals surface area contributed by atoms with Crippen molar-refractivity contribution in [1.82, 2.24) is 9.88 Å². The summed E-state index contributed by atoms with van der Waals surface area (Å²) in [5, 5.41) is 2.79. The molecule has 0 spiro atoms. The summed E-state index contributed by atoms with van der Waals surface area (Å²) in [6, 6.07) is 11.4. The first kappa shape index (κ1) is 16.7. The van der Waals surface area contributed by atoms with Crippen LogP contribution in [0.1, 0.15) is 22.3 Å². The molecule has 0 saturated carbocycles. The Morgan fingerprint density at radius 2 is 2.00 bits per heavy atom. The summed E-state index contributed by atoms with van der Waals surface area (Å²) in [7, 11) is 1.30. The Morgan fingerprint density at radius 1 is 1.20 bits per heavy atom. The molecule has 128 valence electrons. The number of urea groups is 1. The molecule has 0 aliphatic carbocycles. The Hall–Kier alpha value is -3.15.